The molecule has 0 fully saturated rings. The quantitative estimate of drug-likeness (QED) is 0.127. The highest BCUT2D eigenvalue weighted by Crippen LogP contribution is 2.46. The first-order valence-corrected chi connectivity index (χ1v) is 47.5. The molecule has 0 bridgehead atoms. The minimum absolute atomic E-state index is 0.698. The second-order valence-electron chi connectivity index (χ2n) is 34.9. The summed E-state index contributed by atoms with van der Waals surface area (Å²) in [4.78, 5) is 0. The topological polar surface area (TPSA) is 48.4 Å². The number of thiophene rings is 2. The van der Waals surface area contributed by atoms with E-state index in [4.69, 9.17) is 0 Å². The van der Waals surface area contributed by atoms with Crippen molar-refractivity contribution in [2.75, 3.05) is 0 Å². The fourth-order valence-electron chi connectivity index (χ4n) is 20.9. The minimum atomic E-state index is 0.698. The first-order chi connectivity index (χ1) is 66.9. The van der Waals surface area contributed by atoms with Gasteiger partial charge in [-0.3, -0.25) is 0 Å². The van der Waals surface area contributed by atoms with E-state index in [0.29, 0.717) is 5.56 Å². The Balaban J connectivity index is 0.000000106. The number of nitrogens with zero attached hydrogens (tertiary/aromatic N) is 6. The van der Waals surface area contributed by atoms with E-state index in [1.54, 1.807) is 11.3 Å². The summed E-state index contributed by atoms with van der Waals surface area (Å²) in [5, 5.41) is 27.0. The van der Waals surface area contributed by atoms with Crippen molar-refractivity contribution in [3.05, 3.63) is 491 Å². The molecule has 0 amide bonds. The van der Waals surface area contributed by atoms with Crippen LogP contribution < -0.4 is 0 Å². The highest BCUT2D eigenvalue weighted by atomic mass is 32.1. The van der Waals surface area contributed by atoms with Gasteiger partial charge in [-0.15, -0.1) is 22.7 Å². The van der Waals surface area contributed by atoms with E-state index in [9.17, 15) is 5.26 Å². The van der Waals surface area contributed by atoms with Crippen LogP contribution in [0, 0.1) is 11.3 Å². The predicted molar refractivity (Wildman–Crippen MR) is 574 cm³/mol. The molecule has 0 aliphatic rings. The van der Waals surface area contributed by atoms with Gasteiger partial charge in [0.05, 0.1) is 66.8 Å². The largest absolute Gasteiger partial charge is 0.309 e. The molecule has 8 heteroatoms. The summed E-state index contributed by atoms with van der Waals surface area (Å²) >= 11 is 3.64. The van der Waals surface area contributed by atoms with E-state index in [1.165, 1.54) is 216 Å². The smallest absolute Gasteiger partial charge is 0.0991 e. The number of nitriles is 1. The lowest BCUT2D eigenvalue weighted by molar-refractivity contribution is 1.15. The summed E-state index contributed by atoms with van der Waals surface area (Å²) in [6.07, 6.45) is 0. The van der Waals surface area contributed by atoms with Crippen molar-refractivity contribution < 1.29 is 0 Å². The minimum Gasteiger partial charge on any atom is -0.309 e. The average molecular weight is 1750 g/mol. The number of rotatable bonds is 11. The average Bonchev–Trinajstić information content (AvgIpc) is 1.58. The van der Waals surface area contributed by atoms with Crippen molar-refractivity contribution in [1.82, 2.24) is 22.8 Å². The maximum Gasteiger partial charge on any atom is 0.0991 e. The highest BCUT2D eigenvalue weighted by Gasteiger charge is 2.23. The second kappa shape index (κ2) is 32.6. The van der Waals surface area contributed by atoms with Gasteiger partial charge in [0.1, 0.15) is 0 Å². The van der Waals surface area contributed by atoms with Gasteiger partial charge in [-0.25, -0.2) is 0 Å². The molecule has 28 aromatic rings. The Morgan fingerprint density at radius 2 is 0.370 bits per heavy atom. The lowest BCUT2D eigenvalue weighted by atomic mass is 9.99. The lowest BCUT2D eigenvalue weighted by Gasteiger charge is -2.11. The first-order valence-electron chi connectivity index (χ1n) is 45.9. The molecule has 21 aromatic carbocycles. The van der Waals surface area contributed by atoms with Crippen molar-refractivity contribution in [3.63, 3.8) is 0 Å². The van der Waals surface area contributed by atoms with Gasteiger partial charge >= 0.3 is 0 Å². The fraction of sp³-hybridized carbons (Fsp3) is 0. The predicted octanol–water partition coefficient (Wildman–Crippen LogP) is 35.2. The van der Waals surface area contributed by atoms with Gasteiger partial charge in [0.15, 0.2) is 0 Å². The van der Waals surface area contributed by atoms with Crippen LogP contribution in [0.5, 0.6) is 0 Å². The van der Waals surface area contributed by atoms with Gasteiger partial charge in [-0.05, 0) is 261 Å². The van der Waals surface area contributed by atoms with Crippen LogP contribution in [0.1, 0.15) is 5.56 Å². The molecule has 0 unspecified atom stereocenters. The molecule has 630 valence electrons. The summed E-state index contributed by atoms with van der Waals surface area (Å²) in [5.41, 5.74) is 33.2. The van der Waals surface area contributed by atoms with Crippen molar-refractivity contribution in [2.45, 2.75) is 0 Å². The monoisotopic (exact) mass is 1750 g/mol. The van der Waals surface area contributed by atoms with E-state index in [2.05, 4.69) is 502 Å². The van der Waals surface area contributed by atoms with E-state index in [0.717, 1.165) is 28.1 Å². The zero-order chi connectivity index (χ0) is 89.1. The van der Waals surface area contributed by atoms with Crippen LogP contribution in [-0.2, 0) is 0 Å². The van der Waals surface area contributed by atoms with Crippen molar-refractivity contribution in [3.8, 4) is 101 Å². The molecule has 0 atom stereocenters. The summed E-state index contributed by atoms with van der Waals surface area (Å²) in [7, 11) is 0. The SMILES string of the molecule is N#Cc1ccc2sc3ccc(-c4ccc5c(c4)c4ccccc4n5-c4ccc(-c5ccccc5)cc4)cc3c2c1.c1ccc(-c2ccc(-n3c4ccc(-c5ccccc5)cc4c4cc(-c5ccc6sc7ccccc7c6c5)ccc43)cc2)cc1.c1ccc(-n2c3ccccc3c3cc(-c4ccc5c(c4)c4ccccc4n5-c4ccc5c6ccccc6n(-c6ccccc6)c5c4)ccc32)cc1. The summed E-state index contributed by atoms with van der Waals surface area (Å²) < 4.78 is 17.1. The van der Waals surface area contributed by atoms with Crippen LogP contribution in [-0.4, -0.2) is 22.8 Å². The van der Waals surface area contributed by atoms with Gasteiger partial charge in [0, 0.05) is 123 Å². The van der Waals surface area contributed by atoms with E-state index < -0.39 is 0 Å². The van der Waals surface area contributed by atoms with E-state index in [-0.39, 0.29) is 0 Å². The molecule has 0 radical (unpaired) electrons. The second-order valence-corrected chi connectivity index (χ2v) is 37.1. The van der Waals surface area contributed by atoms with Crippen molar-refractivity contribution >= 4 is 172 Å². The molecule has 135 heavy (non-hydrogen) atoms. The van der Waals surface area contributed by atoms with Gasteiger partial charge < -0.3 is 22.8 Å². The Bertz CT molecular complexity index is 9600. The number of fused-ring (bicyclic) bond motifs is 21. The van der Waals surface area contributed by atoms with Gasteiger partial charge in [0.2, 0.25) is 0 Å². The molecule has 0 aliphatic carbocycles. The Hall–Kier alpha value is -17.5. The van der Waals surface area contributed by atoms with E-state index in [1.807, 2.05) is 23.5 Å². The highest BCUT2D eigenvalue weighted by molar-refractivity contribution is 7.26. The van der Waals surface area contributed by atoms with Crippen LogP contribution >= 0.6 is 22.7 Å². The van der Waals surface area contributed by atoms with Crippen LogP contribution in [0.2, 0.25) is 0 Å². The Morgan fingerprint density at radius 1 is 0.141 bits per heavy atom. The molecule has 0 aliphatic heterocycles. The zero-order valence-electron chi connectivity index (χ0n) is 73.2. The molecular formula is C127H80N6S2. The number of hydrogen-bond donors (Lipinski definition) is 0. The van der Waals surface area contributed by atoms with Crippen molar-refractivity contribution in [2.24, 2.45) is 0 Å². The molecule has 0 spiro atoms. The van der Waals surface area contributed by atoms with Gasteiger partial charge in [0.25, 0.3) is 0 Å². The standard InChI is InChI=1S/C48H31N3.C42H27NS.C37H22N2S/c1-3-13-34(14-4-1)49-44-21-11-8-18-38(44)41-29-32(23-27-46(41)49)33-24-28-47-42(30-33)39-19-9-12-22-45(39)51(47)36-25-26-40-37-17-7-10-20-43(37)50(48(40)31-36)35-15-5-2-6-16-35;1-3-9-28(10-4-1)30-15-20-34(21-16-30)43-39-22-17-31(29-11-5-2-6-12-29)25-36(39)37-26-32(18-23-40(37)43)33-19-24-42-38(27-33)35-13-7-8-14-41(35)44-42;38-23-24-10-18-36-32(20-24)33-22-28(14-19-37(33)40-36)27-13-17-35-31(21-27)30-8-4-5-9-34(30)39(35)29-15-11-26(12-16-29)25-6-2-1-3-7-25/h1-31H;1-27H;1-22H. The zero-order valence-corrected chi connectivity index (χ0v) is 74.8. The molecule has 6 nitrogen and oxygen atoms in total. The lowest BCUT2D eigenvalue weighted by Crippen LogP contribution is -1.96. The molecule has 0 N–H and O–H groups in total. The fourth-order valence-corrected chi connectivity index (χ4v) is 23.1. The first kappa shape index (κ1) is 78.6. The molecule has 28 rings (SSSR count). The Labute approximate surface area is 786 Å². The van der Waals surface area contributed by atoms with E-state index >= 15 is 0 Å². The van der Waals surface area contributed by atoms with Gasteiger partial charge in [-0.2, -0.15) is 5.26 Å². The number of benzene rings is 21. The molecule has 7 aromatic heterocycles. The third kappa shape index (κ3) is 13.5. The molecule has 0 saturated carbocycles. The maximum absolute atomic E-state index is 9.43. The summed E-state index contributed by atoms with van der Waals surface area (Å²) in [6, 6.07) is 178. The number of para-hydroxylation sites is 6. The Kier molecular flexibility index (Phi) is 19.0. The van der Waals surface area contributed by atoms with Crippen molar-refractivity contribution in [1.29, 1.82) is 5.26 Å². The normalized spacial score (nSPS) is 11.7. The van der Waals surface area contributed by atoms with Crippen LogP contribution in [0.15, 0.2) is 485 Å². The van der Waals surface area contributed by atoms with Crippen LogP contribution in [0.3, 0.4) is 0 Å². The number of aromatic nitrogens is 5. The van der Waals surface area contributed by atoms with Crippen LogP contribution in [0.4, 0.5) is 0 Å². The third-order valence-corrected chi connectivity index (χ3v) is 29.6. The summed E-state index contributed by atoms with van der Waals surface area (Å²) in [5.74, 6) is 0. The maximum atomic E-state index is 9.43. The number of hydrogen-bond acceptors (Lipinski definition) is 3. The molecule has 0 saturated heterocycles. The van der Waals surface area contributed by atoms with Gasteiger partial charge in [-0.1, -0.05) is 291 Å². The Morgan fingerprint density at radius 3 is 0.763 bits per heavy atom. The molecular weight excluding hydrogens is 1670 g/mol. The summed E-state index contributed by atoms with van der Waals surface area (Å²) in [6.45, 7) is 0. The van der Waals surface area contributed by atoms with Crippen LogP contribution in [0.25, 0.3) is 245 Å². The molecule has 7 heterocycles. The third-order valence-electron chi connectivity index (χ3n) is 27.3.